The van der Waals surface area contributed by atoms with E-state index in [0.717, 1.165) is 6.42 Å². The Labute approximate surface area is 103 Å². The van der Waals surface area contributed by atoms with Crippen molar-refractivity contribution in [3.05, 3.63) is 33.8 Å². The fraction of sp³-hybridized carbons (Fsp3) is 0.500. The van der Waals surface area contributed by atoms with Gasteiger partial charge in [0.2, 0.25) is 0 Å². The Morgan fingerprint density at radius 2 is 1.94 bits per heavy atom. The highest BCUT2D eigenvalue weighted by Crippen LogP contribution is 2.37. The summed E-state index contributed by atoms with van der Waals surface area (Å²) >= 11 is 3.04. The monoisotopic (exact) mass is 291 g/mol. The molecule has 90 valence electrons. The van der Waals surface area contributed by atoms with Gasteiger partial charge in [0.1, 0.15) is 11.6 Å². The standard InChI is InChI=1S/C12H16BrF2N/c1-4-12(2,3)11(16)9-8(14)6-5-7(13)10(9)15/h5-6,11H,4,16H2,1-3H3. The highest BCUT2D eigenvalue weighted by atomic mass is 79.9. The molecule has 16 heavy (non-hydrogen) atoms. The van der Waals surface area contributed by atoms with E-state index in [1.54, 1.807) is 0 Å². The Hall–Kier alpha value is -0.480. The van der Waals surface area contributed by atoms with E-state index in [0.29, 0.717) is 0 Å². The zero-order valence-corrected chi connectivity index (χ0v) is 11.2. The molecule has 1 unspecified atom stereocenters. The molecule has 0 aliphatic rings. The van der Waals surface area contributed by atoms with Crippen LogP contribution in [0.25, 0.3) is 0 Å². The molecule has 0 spiro atoms. The number of rotatable bonds is 3. The van der Waals surface area contributed by atoms with Crippen molar-refractivity contribution in [2.24, 2.45) is 11.1 Å². The molecule has 0 saturated carbocycles. The van der Waals surface area contributed by atoms with Gasteiger partial charge in [-0.15, -0.1) is 0 Å². The fourth-order valence-corrected chi connectivity index (χ4v) is 1.78. The van der Waals surface area contributed by atoms with E-state index >= 15 is 0 Å². The van der Waals surface area contributed by atoms with Crippen LogP contribution < -0.4 is 5.73 Å². The molecule has 0 saturated heterocycles. The number of benzene rings is 1. The molecule has 0 radical (unpaired) electrons. The average Bonchev–Trinajstić information content (AvgIpc) is 2.24. The summed E-state index contributed by atoms with van der Waals surface area (Å²) < 4.78 is 27.7. The minimum Gasteiger partial charge on any atom is -0.323 e. The minimum absolute atomic E-state index is 0.0405. The van der Waals surface area contributed by atoms with E-state index in [1.807, 2.05) is 20.8 Å². The summed E-state index contributed by atoms with van der Waals surface area (Å²) in [5, 5.41) is 0. The third-order valence-corrected chi connectivity index (χ3v) is 3.76. The molecular formula is C12H16BrF2N. The van der Waals surface area contributed by atoms with Crippen molar-refractivity contribution in [2.45, 2.75) is 33.2 Å². The van der Waals surface area contributed by atoms with Gasteiger partial charge in [0, 0.05) is 11.6 Å². The van der Waals surface area contributed by atoms with Crippen LogP contribution in [0.1, 0.15) is 38.8 Å². The average molecular weight is 292 g/mol. The lowest BCUT2D eigenvalue weighted by Crippen LogP contribution is -2.30. The maximum absolute atomic E-state index is 13.8. The molecule has 0 amide bonds. The first-order chi connectivity index (χ1) is 7.31. The summed E-state index contributed by atoms with van der Waals surface area (Å²) in [5.41, 5.74) is 5.57. The zero-order chi connectivity index (χ0) is 12.5. The normalized spacial score (nSPS) is 13.9. The number of hydrogen-bond acceptors (Lipinski definition) is 1. The molecule has 0 bridgehead atoms. The molecule has 0 fully saturated rings. The first-order valence-electron chi connectivity index (χ1n) is 5.20. The molecule has 1 aromatic carbocycles. The lowest BCUT2D eigenvalue weighted by atomic mass is 9.78. The molecule has 1 nitrogen and oxygen atoms in total. The van der Waals surface area contributed by atoms with Crippen LogP contribution in [-0.2, 0) is 0 Å². The molecule has 1 aromatic rings. The highest BCUT2D eigenvalue weighted by Gasteiger charge is 2.30. The van der Waals surface area contributed by atoms with Crippen LogP contribution in [0.4, 0.5) is 8.78 Å². The van der Waals surface area contributed by atoms with Gasteiger partial charge in [0.15, 0.2) is 0 Å². The van der Waals surface area contributed by atoms with Crippen LogP contribution in [-0.4, -0.2) is 0 Å². The number of nitrogens with two attached hydrogens (primary N) is 1. The van der Waals surface area contributed by atoms with Crippen LogP contribution in [0.5, 0.6) is 0 Å². The molecule has 0 aliphatic carbocycles. The summed E-state index contributed by atoms with van der Waals surface area (Å²) in [4.78, 5) is 0. The lowest BCUT2D eigenvalue weighted by Gasteiger charge is -2.31. The van der Waals surface area contributed by atoms with Gasteiger partial charge in [-0.05, 0) is 39.9 Å². The van der Waals surface area contributed by atoms with E-state index in [2.05, 4.69) is 15.9 Å². The van der Waals surface area contributed by atoms with Gasteiger partial charge < -0.3 is 5.73 Å². The van der Waals surface area contributed by atoms with Crippen LogP contribution in [0.15, 0.2) is 16.6 Å². The molecule has 4 heteroatoms. The van der Waals surface area contributed by atoms with Crippen molar-refractivity contribution < 1.29 is 8.78 Å². The lowest BCUT2D eigenvalue weighted by molar-refractivity contribution is 0.266. The largest absolute Gasteiger partial charge is 0.323 e. The van der Waals surface area contributed by atoms with Gasteiger partial charge in [-0.1, -0.05) is 20.8 Å². The zero-order valence-electron chi connectivity index (χ0n) is 9.65. The molecule has 0 aromatic heterocycles. The van der Waals surface area contributed by atoms with E-state index in [4.69, 9.17) is 5.73 Å². The highest BCUT2D eigenvalue weighted by molar-refractivity contribution is 9.10. The summed E-state index contributed by atoms with van der Waals surface area (Å²) in [7, 11) is 0. The Balaban J connectivity index is 3.28. The van der Waals surface area contributed by atoms with Crippen molar-refractivity contribution in [3.63, 3.8) is 0 Å². The van der Waals surface area contributed by atoms with Crippen LogP contribution >= 0.6 is 15.9 Å². The number of halogens is 3. The third-order valence-electron chi connectivity index (χ3n) is 3.14. The maximum atomic E-state index is 13.8. The van der Waals surface area contributed by atoms with Crippen molar-refractivity contribution in [1.82, 2.24) is 0 Å². The van der Waals surface area contributed by atoms with Gasteiger partial charge in [0.05, 0.1) is 4.47 Å². The van der Waals surface area contributed by atoms with E-state index in [-0.39, 0.29) is 15.5 Å². The Kier molecular flexibility index (Phi) is 4.07. The van der Waals surface area contributed by atoms with Gasteiger partial charge in [0.25, 0.3) is 0 Å². The van der Waals surface area contributed by atoms with Gasteiger partial charge >= 0.3 is 0 Å². The second-order valence-electron chi connectivity index (χ2n) is 4.58. The molecule has 1 rings (SSSR count). The maximum Gasteiger partial charge on any atom is 0.145 e. The van der Waals surface area contributed by atoms with Crippen molar-refractivity contribution in [2.75, 3.05) is 0 Å². The summed E-state index contributed by atoms with van der Waals surface area (Å²) in [6, 6.07) is 1.92. The quantitative estimate of drug-likeness (QED) is 0.832. The van der Waals surface area contributed by atoms with Crippen LogP contribution in [0, 0.1) is 17.0 Å². The first kappa shape index (κ1) is 13.6. The predicted octanol–water partition coefficient (Wildman–Crippen LogP) is 4.16. The first-order valence-corrected chi connectivity index (χ1v) is 5.99. The fourth-order valence-electron chi connectivity index (χ4n) is 1.44. The summed E-state index contributed by atoms with van der Waals surface area (Å²) in [6.45, 7) is 5.75. The van der Waals surface area contributed by atoms with Crippen molar-refractivity contribution >= 4 is 15.9 Å². The van der Waals surface area contributed by atoms with Gasteiger partial charge in [-0.3, -0.25) is 0 Å². The summed E-state index contributed by atoms with van der Waals surface area (Å²) in [5.74, 6) is -1.19. The topological polar surface area (TPSA) is 26.0 Å². The van der Waals surface area contributed by atoms with Crippen molar-refractivity contribution in [3.8, 4) is 0 Å². The molecule has 2 N–H and O–H groups in total. The van der Waals surface area contributed by atoms with Gasteiger partial charge in [-0.2, -0.15) is 0 Å². The van der Waals surface area contributed by atoms with Gasteiger partial charge in [-0.25, -0.2) is 8.78 Å². The molecule has 0 heterocycles. The second-order valence-corrected chi connectivity index (χ2v) is 5.43. The number of hydrogen-bond donors (Lipinski definition) is 1. The summed E-state index contributed by atoms with van der Waals surface area (Å²) in [6.07, 6.45) is 0.750. The molecule has 1 atom stereocenters. The predicted molar refractivity (Wildman–Crippen MR) is 65.1 cm³/mol. The minimum atomic E-state index is -0.657. The van der Waals surface area contributed by atoms with Crippen LogP contribution in [0.2, 0.25) is 0 Å². The van der Waals surface area contributed by atoms with Crippen LogP contribution in [0.3, 0.4) is 0 Å². The van der Waals surface area contributed by atoms with E-state index in [1.165, 1.54) is 12.1 Å². The Morgan fingerprint density at radius 3 is 2.44 bits per heavy atom. The Morgan fingerprint density at radius 1 is 1.38 bits per heavy atom. The smallest absolute Gasteiger partial charge is 0.145 e. The Bertz CT molecular complexity index is 391. The second kappa shape index (κ2) is 4.80. The van der Waals surface area contributed by atoms with E-state index in [9.17, 15) is 8.78 Å². The van der Waals surface area contributed by atoms with Crippen molar-refractivity contribution in [1.29, 1.82) is 0 Å². The third kappa shape index (κ3) is 2.43. The van der Waals surface area contributed by atoms with E-state index < -0.39 is 17.7 Å². The molecular weight excluding hydrogens is 276 g/mol. The SMILES string of the molecule is CCC(C)(C)C(N)c1c(F)ccc(Br)c1F. The molecule has 0 aliphatic heterocycles.